The number of hydrogen-bond donors (Lipinski definition) is 3. The highest BCUT2D eigenvalue weighted by atomic mass is 16.5. The Morgan fingerprint density at radius 1 is 1.57 bits per heavy atom. The summed E-state index contributed by atoms with van der Waals surface area (Å²) in [6.45, 7) is 1.27. The van der Waals surface area contributed by atoms with Gasteiger partial charge in [-0.15, -0.1) is 0 Å². The summed E-state index contributed by atoms with van der Waals surface area (Å²) in [7, 11) is 0. The van der Waals surface area contributed by atoms with Gasteiger partial charge in [0.05, 0.1) is 19.3 Å². The van der Waals surface area contributed by atoms with Crippen LogP contribution < -0.4 is 16.6 Å². The smallest absolute Gasteiger partial charge is 0.328 e. The van der Waals surface area contributed by atoms with E-state index in [1.54, 1.807) is 0 Å². The Balaban J connectivity index is 2.07. The van der Waals surface area contributed by atoms with Crippen LogP contribution in [0.5, 0.6) is 0 Å². The number of carbonyl (C=O) groups is 2. The van der Waals surface area contributed by atoms with Gasteiger partial charge in [0, 0.05) is 12.3 Å². The maximum absolute atomic E-state index is 11.9. The molecule has 114 valence electrons. The lowest BCUT2D eigenvalue weighted by Crippen LogP contribution is -2.51. The van der Waals surface area contributed by atoms with Gasteiger partial charge in [-0.1, -0.05) is 0 Å². The number of H-pyrrole nitrogens is 1. The number of nitrogens with zero attached hydrogens (tertiary/aromatic N) is 1. The molecule has 21 heavy (non-hydrogen) atoms. The lowest BCUT2D eigenvalue weighted by atomic mass is 9.85. The van der Waals surface area contributed by atoms with Gasteiger partial charge in [0.2, 0.25) is 5.91 Å². The number of aromatic amines is 1. The third-order valence-electron chi connectivity index (χ3n) is 3.49. The number of amides is 1. The summed E-state index contributed by atoms with van der Waals surface area (Å²) in [5.74, 6) is -1.60. The fraction of sp³-hybridized carbons (Fsp3) is 0.500. The van der Waals surface area contributed by atoms with Gasteiger partial charge in [0.25, 0.3) is 5.56 Å². The molecule has 0 radical (unpaired) electrons. The van der Waals surface area contributed by atoms with Crippen molar-refractivity contribution in [3.8, 4) is 0 Å². The molecule has 1 aliphatic rings. The number of aromatic nitrogens is 2. The number of carbonyl (C=O) groups excluding carboxylic acids is 1. The van der Waals surface area contributed by atoms with Crippen LogP contribution in [0.4, 0.5) is 0 Å². The Hall–Kier alpha value is -2.42. The molecule has 1 aromatic rings. The van der Waals surface area contributed by atoms with Gasteiger partial charge >= 0.3 is 11.7 Å². The molecule has 0 aromatic carbocycles. The lowest BCUT2D eigenvalue weighted by Gasteiger charge is -2.25. The van der Waals surface area contributed by atoms with Crippen molar-refractivity contribution in [2.75, 3.05) is 13.2 Å². The summed E-state index contributed by atoms with van der Waals surface area (Å²) in [5, 5.41) is 11.7. The average Bonchev–Trinajstić information content (AvgIpc) is 2.76. The van der Waals surface area contributed by atoms with Gasteiger partial charge in [0.15, 0.2) is 0 Å². The number of hydrogen-bond acceptors (Lipinski definition) is 5. The Morgan fingerprint density at radius 2 is 2.29 bits per heavy atom. The minimum Gasteiger partial charge on any atom is -0.481 e. The zero-order chi connectivity index (χ0) is 15.6. The highest BCUT2D eigenvalue weighted by molar-refractivity contribution is 5.80. The Labute approximate surface area is 118 Å². The first-order valence-electron chi connectivity index (χ1n) is 6.23. The normalized spacial score (nSPS) is 24.7. The Morgan fingerprint density at radius 3 is 2.90 bits per heavy atom. The average molecular weight is 297 g/mol. The van der Waals surface area contributed by atoms with E-state index in [2.05, 4.69) is 5.32 Å². The predicted molar refractivity (Wildman–Crippen MR) is 69.8 cm³/mol. The van der Waals surface area contributed by atoms with Crippen LogP contribution in [0.3, 0.4) is 0 Å². The minimum absolute atomic E-state index is 0.00584. The fourth-order valence-corrected chi connectivity index (χ4v) is 2.05. The number of carboxylic acids is 1. The second-order valence-electron chi connectivity index (χ2n) is 5.10. The SMILES string of the molecule is CC1(C(=O)O)COCC1NC(=O)Cn1ccc(=O)[nH]c1=O. The molecule has 9 nitrogen and oxygen atoms in total. The quantitative estimate of drug-likeness (QED) is 0.597. The molecule has 3 N–H and O–H groups in total. The highest BCUT2D eigenvalue weighted by Gasteiger charge is 2.47. The zero-order valence-electron chi connectivity index (χ0n) is 11.3. The monoisotopic (exact) mass is 297 g/mol. The van der Waals surface area contributed by atoms with E-state index >= 15 is 0 Å². The molecule has 2 rings (SSSR count). The number of rotatable bonds is 4. The summed E-state index contributed by atoms with van der Waals surface area (Å²) < 4.78 is 6.13. The van der Waals surface area contributed by atoms with Crippen LogP contribution in [-0.4, -0.2) is 45.8 Å². The van der Waals surface area contributed by atoms with Crippen LogP contribution in [0.25, 0.3) is 0 Å². The van der Waals surface area contributed by atoms with Crippen molar-refractivity contribution < 1.29 is 19.4 Å². The van der Waals surface area contributed by atoms with E-state index in [0.717, 1.165) is 10.6 Å². The van der Waals surface area contributed by atoms with Crippen LogP contribution >= 0.6 is 0 Å². The van der Waals surface area contributed by atoms with Crippen LogP contribution in [0, 0.1) is 5.41 Å². The molecule has 0 bridgehead atoms. The highest BCUT2D eigenvalue weighted by Crippen LogP contribution is 2.28. The molecule has 2 heterocycles. The van der Waals surface area contributed by atoms with Gasteiger partial charge in [0.1, 0.15) is 12.0 Å². The zero-order valence-corrected chi connectivity index (χ0v) is 11.3. The van der Waals surface area contributed by atoms with Gasteiger partial charge in [-0.05, 0) is 6.92 Å². The molecular formula is C12H15N3O6. The largest absolute Gasteiger partial charge is 0.481 e. The van der Waals surface area contributed by atoms with Crippen molar-refractivity contribution in [3.63, 3.8) is 0 Å². The molecule has 1 amide bonds. The van der Waals surface area contributed by atoms with E-state index < -0.39 is 34.6 Å². The minimum atomic E-state index is -1.20. The molecule has 0 saturated carbocycles. The first kappa shape index (κ1) is 15.0. The molecule has 1 fully saturated rings. The number of carboxylic acid groups (broad SMARTS) is 1. The topological polar surface area (TPSA) is 130 Å². The number of nitrogens with one attached hydrogen (secondary N) is 2. The molecule has 2 atom stereocenters. The summed E-state index contributed by atoms with van der Waals surface area (Å²) >= 11 is 0. The molecule has 1 aromatic heterocycles. The standard InChI is InChI=1S/C12H15N3O6/c1-12(10(18)19)6-21-5-7(12)13-9(17)4-15-3-2-8(16)14-11(15)20/h2-3,7H,4-6H2,1H3,(H,13,17)(H,18,19)(H,14,16,20). The van der Waals surface area contributed by atoms with Crippen LogP contribution in [0.2, 0.25) is 0 Å². The molecule has 1 saturated heterocycles. The Bertz CT molecular complexity index is 678. The van der Waals surface area contributed by atoms with Gasteiger partial charge in [-0.25, -0.2) is 4.79 Å². The van der Waals surface area contributed by atoms with Crippen molar-refractivity contribution in [1.29, 1.82) is 0 Å². The molecule has 0 spiro atoms. The van der Waals surface area contributed by atoms with Crippen molar-refractivity contribution >= 4 is 11.9 Å². The molecule has 1 aliphatic heterocycles. The molecule has 9 heteroatoms. The fourth-order valence-electron chi connectivity index (χ4n) is 2.05. The predicted octanol–water partition coefficient (Wildman–Crippen LogP) is -1.86. The van der Waals surface area contributed by atoms with Crippen molar-refractivity contribution in [2.45, 2.75) is 19.5 Å². The van der Waals surface area contributed by atoms with E-state index in [1.807, 2.05) is 4.98 Å². The lowest BCUT2D eigenvalue weighted by molar-refractivity contribution is -0.149. The maximum Gasteiger partial charge on any atom is 0.328 e. The Kier molecular flexibility index (Phi) is 3.94. The van der Waals surface area contributed by atoms with E-state index in [9.17, 15) is 24.3 Å². The van der Waals surface area contributed by atoms with Gasteiger partial charge in [-0.2, -0.15) is 0 Å². The third kappa shape index (κ3) is 3.02. The number of aliphatic carboxylic acids is 1. The number of ether oxygens (including phenoxy) is 1. The van der Waals surface area contributed by atoms with Crippen molar-refractivity contribution in [2.24, 2.45) is 5.41 Å². The van der Waals surface area contributed by atoms with E-state index in [1.165, 1.54) is 13.1 Å². The van der Waals surface area contributed by atoms with Crippen molar-refractivity contribution in [3.05, 3.63) is 33.1 Å². The summed E-state index contributed by atoms with van der Waals surface area (Å²) in [5.41, 5.74) is -2.47. The summed E-state index contributed by atoms with van der Waals surface area (Å²) in [6.07, 6.45) is 1.20. The molecule has 0 aliphatic carbocycles. The van der Waals surface area contributed by atoms with Crippen LogP contribution in [0.1, 0.15) is 6.92 Å². The first-order chi connectivity index (χ1) is 9.83. The van der Waals surface area contributed by atoms with Crippen LogP contribution in [-0.2, 0) is 20.9 Å². The van der Waals surface area contributed by atoms with Gasteiger partial charge < -0.3 is 15.2 Å². The third-order valence-corrected chi connectivity index (χ3v) is 3.49. The van der Waals surface area contributed by atoms with Gasteiger partial charge in [-0.3, -0.25) is 23.9 Å². The summed E-state index contributed by atoms with van der Waals surface area (Å²) in [4.78, 5) is 47.5. The summed E-state index contributed by atoms with van der Waals surface area (Å²) in [6, 6.07) is 0.440. The van der Waals surface area contributed by atoms with Crippen molar-refractivity contribution in [1.82, 2.24) is 14.9 Å². The van der Waals surface area contributed by atoms with E-state index in [4.69, 9.17) is 4.74 Å². The molecule has 2 unspecified atom stereocenters. The first-order valence-corrected chi connectivity index (χ1v) is 6.23. The van der Waals surface area contributed by atoms with E-state index in [0.29, 0.717) is 0 Å². The maximum atomic E-state index is 11.9. The molecular weight excluding hydrogens is 282 g/mol. The second kappa shape index (κ2) is 5.52. The second-order valence-corrected chi connectivity index (χ2v) is 5.10. The van der Waals surface area contributed by atoms with Crippen LogP contribution in [0.15, 0.2) is 21.9 Å². The van der Waals surface area contributed by atoms with E-state index in [-0.39, 0.29) is 19.8 Å².